The predicted molar refractivity (Wildman–Crippen MR) is 94.7 cm³/mol. The van der Waals surface area contributed by atoms with Gasteiger partial charge in [-0.05, 0) is 37.5 Å². The maximum absolute atomic E-state index is 12.2. The van der Waals surface area contributed by atoms with Crippen LogP contribution in [0.25, 0.3) is 0 Å². The fourth-order valence-electron chi connectivity index (χ4n) is 3.31. The van der Waals surface area contributed by atoms with Gasteiger partial charge in [0.05, 0.1) is 6.42 Å². The number of nitrogens with one attached hydrogen (secondary N) is 1. The average Bonchev–Trinajstić information content (AvgIpc) is 3.02. The first-order valence-corrected chi connectivity index (χ1v) is 8.36. The summed E-state index contributed by atoms with van der Waals surface area (Å²) in [7, 11) is 0. The SMILES string of the molecule is Cc1cccc(CC(=O)NCC2CCCN2c2ccccc2)c1. The van der Waals surface area contributed by atoms with Crippen molar-refractivity contribution in [1.82, 2.24) is 5.32 Å². The quantitative estimate of drug-likeness (QED) is 0.919. The van der Waals surface area contributed by atoms with Crippen molar-refractivity contribution < 1.29 is 4.79 Å². The summed E-state index contributed by atoms with van der Waals surface area (Å²) >= 11 is 0. The smallest absolute Gasteiger partial charge is 0.224 e. The van der Waals surface area contributed by atoms with Gasteiger partial charge in [0.2, 0.25) is 5.91 Å². The minimum Gasteiger partial charge on any atom is -0.367 e. The zero-order chi connectivity index (χ0) is 16.1. The van der Waals surface area contributed by atoms with Gasteiger partial charge in [-0.3, -0.25) is 4.79 Å². The molecule has 0 spiro atoms. The molecule has 3 nitrogen and oxygen atoms in total. The highest BCUT2D eigenvalue weighted by molar-refractivity contribution is 5.78. The van der Waals surface area contributed by atoms with E-state index >= 15 is 0 Å². The minimum atomic E-state index is 0.107. The van der Waals surface area contributed by atoms with Gasteiger partial charge in [0.15, 0.2) is 0 Å². The van der Waals surface area contributed by atoms with Crippen LogP contribution in [0, 0.1) is 6.92 Å². The Hall–Kier alpha value is -2.29. The third kappa shape index (κ3) is 4.13. The van der Waals surface area contributed by atoms with Gasteiger partial charge in [-0.1, -0.05) is 48.0 Å². The lowest BCUT2D eigenvalue weighted by atomic mass is 10.1. The van der Waals surface area contributed by atoms with Crippen LogP contribution in [-0.2, 0) is 11.2 Å². The molecule has 0 aromatic heterocycles. The summed E-state index contributed by atoms with van der Waals surface area (Å²) in [5, 5.41) is 3.11. The van der Waals surface area contributed by atoms with Crippen LogP contribution in [0.1, 0.15) is 24.0 Å². The molecule has 1 aliphatic rings. The molecule has 1 N–H and O–H groups in total. The Bertz CT molecular complexity index is 654. The molecule has 1 atom stereocenters. The molecular weight excluding hydrogens is 284 g/mol. The van der Waals surface area contributed by atoms with Gasteiger partial charge >= 0.3 is 0 Å². The Balaban J connectivity index is 1.54. The molecule has 0 radical (unpaired) electrons. The monoisotopic (exact) mass is 308 g/mol. The van der Waals surface area contributed by atoms with E-state index in [2.05, 4.69) is 53.5 Å². The highest BCUT2D eigenvalue weighted by Gasteiger charge is 2.24. The molecule has 0 bridgehead atoms. The van der Waals surface area contributed by atoms with Gasteiger partial charge in [-0.2, -0.15) is 0 Å². The fourth-order valence-corrected chi connectivity index (χ4v) is 3.31. The second-order valence-electron chi connectivity index (χ2n) is 6.29. The lowest BCUT2D eigenvalue weighted by molar-refractivity contribution is -0.120. The van der Waals surface area contributed by atoms with Crippen LogP contribution >= 0.6 is 0 Å². The van der Waals surface area contributed by atoms with E-state index < -0.39 is 0 Å². The molecule has 23 heavy (non-hydrogen) atoms. The molecule has 3 rings (SSSR count). The summed E-state index contributed by atoms with van der Waals surface area (Å²) < 4.78 is 0. The van der Waals surface area contributed by atoms with Crippen molar-refractivity contribution in [2.24, 2.45) is 0 Å². The van der Waals surface area contributed by atoms with Crippen LogP contribution in [0.5, 0.6) is 0 Å². The van der Waals surface area contributed by atoms with Crippen molar-refractivity contribution in [3.05, 3.63) is 65.7 Å². The van der Waals surface area contributed by atoms with E-state index in [4.69, 9.17) is 0 Å². The summed E-state index contributed by atoms with van der Waals surface area (Å²) in [6.07, 6.45) is 2.78. The Kier molecular flexibility index (Phi) is 4.96. The first kappa shape index (κ1) is 15.6. The Labute approximate surface area is 138 Å². The third-order valence-electron chi connectivity index (χ3n) is 4.45. The summed E-state index contributed by atoms with van der Waals surface area (Å²) in [6, 6.07) is 19.0. The number of nitrogens with zero attached hydrogens (tertiary/aromatic N) is 1. The maximum Gasteiger partial charge on any atom is 0.224 e. The van der Waals surface area contributed by atoms with Crippen molar-refractivity contribution in [3.63, 3.8) is 0 Å². The predicted octanol–water partition coefficient (Wildman–Crippen LogP) is 3.32. The van der Waals surface area contributed by atoms with E-state index in [-0.39, 0.29) is 5.91 Å². The molecule has 1 amide bonds. The highest BCUT2D eigenvalue weighted by Crippen LogP contribution is 2.24. The van der Waals surface area contributed by atoms with Crippen LogP contribution in [0.4, 0.5) is 5.69 Å². The molecule has 3 heteroatoms. The Morgan fingerprint density at radius 1 is 1.17 bits per heavy atom. The molecule has 1 aliphatic heterocycles. The lowest BCUT2D eigenvalue weighted by Gasteiger charge is -2.27. The van der Waals surface area contributed by atoms with Gasteiger partial charge in [0, 0.05) is 24.8 Å². The molecule has 120 valence electrons. The number of para-hydroxylation sites is 1. The van der Waals surface area contributed by atoms with Crippen molar-refractivity contribution >= 4 is 11.6 Å². The number of carbonyl (C=O) groups excluding carboxylic acids is 1. The number of benzene rings is 2. The van der Waals surface area contributed by atoms with E-state index in [0.717, 1.165) is 25.1 Å². The van der Waals surface area contributed by atoms with Gasteiger partial charge in [-0.15, -0.1) is 0 Å². The average molecular weight is 308 g/mol. The largest absolute Gasteiger partial charge is 0.367 e. The standard InChI is InChI=1S/C20H24N2O/c1-16-7-5-8-17(13-16)14-20(23)21-15-19-11-6-12-22(19)18-9-3-2-4-10-18/h2-5,7-10,13,19H,6,11-12,14-15H2,1H3,(H,21,23). The van der Waals surface area contributed by atoms with E-state index in [1.807, 2.05) is 18.2 Å². The molecule has 2 aromatic rings. The zero-order valence-electron chi connectivity index (χ0n) is 13.7. The molecule has 1 fully saturated rings. The zero-order valence-corrected chi connectivity index (χ0v) is 13.7. The van der Waals surface area contributed by atoms with Crippen LogP contribution in [0.2, 0.25) is 0 Å². The topological polar surface area (TPSA) is 32.3 Å². The Morgan fingerprint density at radius 2 is 2.00 bits per heavy atom. The first-order chi connectivity index (χ1) is 11.2. The number of anilines is 1. The third-order valence-corrected chi connectivity index (χ3v) is 4.45. The summed E-state index contributed by atoms with van der Waals surface area (Å²) in [5.74, 6) is 0.107. The number of amides is 1. The highest BCUT2D eigenvalue weighted by atomic mass is 16.1. The van der Waals surface area contributed by atoms with Crippen LogP contribution in [0.3, 0.4) is 0 Å². The van der Waals surface area contributed by atoms with Crippen molar-refractivity contribution in [2.75, 3.05) is 18.0 Å². The minimum absolute atomic E-state index is 0.107. The first-order valence-electron chi connectivity index (χ1n) is 8.36. The number of hydrogen-bond donors (Lipinski definition) is 1. The Morgan fingerprint density at radius 3 is 2.78 bits per heavy atom. The van der Waals surface area contributed by atoms with Crippen molar-refractivity contribution in [2.45, 2.75) is 32.2 Å². The molecule has 0 saturated carbocycles. The number of rotatable bonds is 5. The number of hydrogen-bond acceptors (Lipinski definition) is 2. The number of carbonyl (C=O) groups is 1. The lowest BCUT2D eigenvalue weighted by Crippen LogP contribution is -2.40. The van der Waals surface area contributed by atoms with E-state index in [1.54, 1.807) is 0 Å². The molecule has 1 unspecified atom stereocenters. The van der Waals surface area contributed by atoms with E-state index in [9.17, 15) is 4.79 Å². The van der Waals surface area contributed by atoms with E-state index in [0.29, 0.717) is 12.5 Å². The number of aryl methyl sites for hydroxylation is 1. The van der Waals surface area contributed by atoms with Crippen LogP contribution < -0.4 is 10.2 Å². The normalized spacial score (nSPS) is 17.3. The van der Waals surface area contributed by atoms with Crippen molar-refractivity contribution in [1.29, 1.82) is 0 Å². The van der Waals surface area contributed by atoms with Gasteiger partial charge in [0.25, 0.3) is 0 Å². The van der Waals surface area contributed by atoms with Gasteiger partial charge < -0.3 is 10.2 Å². The summed E-state index contributed by atoms with van der Waals surface area (Å²) in [5.41, 5.74) is 3.53. The summed E-state index contributed by atoms with van der Waals surface area (Å²) in [4.78, 5) is 14.6. The van der Waals surface area contributed by atoms with Crippen LogP contribution in [0.15, 0.2) is 54.6 Å². The second-order valence-corrected chi connectivity index (χ2v) is 6.29. The molecule has 2 aromatic carbocycles. The fraction of sp³-hybridized carbons (Fsp3) is 0.350. The van der Waals surface area contributed by atoms with E-state index in [1.165, 1.54) is 17.7 Å². The molecule has 1 saturated heterocycles. The van der Waals surface area contributed by atoms with Gasteiger partial charge in [-0.25, -0.2) is 0 Å². The molecular formula is C20H24N2O. The summed E-state index contributed by atoms with van der Waals surface area (Å²) in [6.45, 7) is 3.85. The van der Waals surface area contributed by atoms with Gasteiger partial charge in [0.1, 0.15) is 0 Å². The maximum atomic E-state index is 12.2. The molecule has 0 aliphatic carbocycles. The second kappa shape index (κ2) is 7.32. The molecule has 1 heterocycles. The van der Waals surface area contributed by atoms with Crippen molar-refractivity contribution in [3.8, 4) is 0 Å². The van der Waals surface area contributed by atoms with Crippen LogP contribution in [-0.4, -0.2) is 25.0 Å².